The number of ether oxygens (including phenoxy) is 1. The van der Waals surface area contributed by atoms with Gasteiger partial charge < -0.3 is 4.74 Å². The molecule has 1 aliphatic carbocycles. The molecule has 2 nitrogen and oxygen atoms in total. The van der Waals surface area contributed by atoms with Crippen molar-refractivity contribution in [3.05, 3.63) is 0 Å². The van der Waals surface area contributed by atoms with Crippen molar-refractivity contribution in [3.8, 4) is 0 Å². The molecule has 0 aromatic heterocycles. The van der Waals surface area contributed by atoms with E-state index < -0.39 is 0 Å². The van der Waals surface area contributed by atoms with E-state index >= 15 is 0 Å². The number of hydrogen-bond donors (Lipinski definition) is 0. The third kappa shape index (κ3) is 1.45. The molecule has 64 valence electrons. The van der Waals surface area contributed by atoms with Crippen LogP contribution in [0.3, 0.4) is 0 Å². The van der Waals surface area contributed by atoms with Crippen molar-refractivity contribution in [1.29, 1.82) is 0 Å². The van der Waals surface area contributed by atoms with Crippen LogP contribution in [0.25, 0.3) is 0 Å². The highest BCUT2D eigenvalue weighted by molar-refractivity contribution is 5.85. The normalized spacial score (nSPS) is 30.5. The molecule has 0 N–H and O–H groups in total. The highest BCUT2D eigenvalue weighted by Crippen LogP contribution is 2.34. The lowest BCUT2D eigenvalue weighted by Gasteiger charge is -2.35. The van der Waals surface area contributed by atoms with Crippen LogP contribution >= 0.6 is 0 Å². The molecule has 0 aliphatic heterocycles. The van der Waals surface area contributed by atoms with Crippen LogP contribution < -0.4 is 0 Å². The first-order valence-electron chi connectivity index (χ1n) is 4.15. The second-order valence-corrected chi connectivity index (χ2v) is 3.76. The Hall–Kier alpha value is -0.370. The summed E-state index contributed by atoms with van der Waals surface area (Å²) in [5, 5.41) is 0. The number of hydrogen-bond acceptors (Lipinski definition) is 2. The molecule has 0 aromatic carbocycles. The molecule has 1 saturated carbocycles. The molecule has 0 amide bonds. The lowest BCUT2D eigenvalue weighted by Crippen LogP contribution is -2.41. The second-order valence-electron chi connectivity index (χ2n) is 3.76. The summed E-state index contributed by atoms with van der Waals surface area (Å²) < 4.78 is 5.26. The zero-order valence-corrected chi connectivity index (χ0v) is 7.52. The fourth-order valence-corrected chi connectivity index (χ4v) is 1.72. The molecule has 1 aliphatic rings. The predicted octanol–water partition coefficient (Wildman–Crippen LogP) is 1.78. The molecule has 2 heteroatoms. The highest BCUT2D eigenvalue weighted by atomic mass is 16.5. The van der Waals surface area contributed by atoms with Gasteiger partial charge in [-0.15, -0.1) is 0 Å². The molecule has 0 heterocycles. The lowest BCUT2D eigenvalue weighted by atomic mass is 9.74. The molecule has 1 rings (SSSR count). The Labute approximate surface area is 67.9 Å². The Balaban J connectivity index is 2.72. The van der Waals surface area contributed by atoms with E-state index in [1.807, 2.05) is 13.8 Å². The fourth-order valence-electron chi connectivity index (χ4n) is 1.72. The van der Waals surface area contributed by atoms with E-state index in [4.69, 9.17) is 4.74 Å². The van der Waals surface area contributed by atoms with Crippen LogP contribution in [-0.2, 0) is 9.53 Å². The summed E-state index contributed by atoms with van der Waals surface area (Å²) >= 11 is 0. The van der Waals surface area contributed by atoms with Crippen molar-refractivity contribution in [2.45, 2.75) is 39.2 Å². The van der Waals surface area contributed by atoms with Gasteiger partial charge in [0.25, 0.3) is 0 Å². The smallest absolute Gasteiger partial charge is 0.141 e. The summed E-state index contributed by atoms with van der Waals surface area (Å²) in [7, 11) is 1.69. The molecule has 0 aromatic rings. The summed E-state index contributed by atoms with van der Waals surface area (Å²) in [6, 6.07) is 0. The number of carbonyl (C=O) groups excluding carboxylic acids is 1. The van der Waals surface area contributed by atoms with Gasteiger partial charge in [-0.1, -0.05) is 13.8 Å². The molecular formula is C9H16O2. The minimum atomic E-state index is -0.257. The average Bonchev–Trinajstić information content (AvgIpc) is 1.95. The molecule has 0 radical (unpaired) electrons. The number of rotatable bonds is 1. The number of carbonyl (C=O) groups is 1. The minimum Gasteiger partial charge on any atom is -0.380 e. The average molecular weight is 156 g/mol. The van der Waals surface area contributed by atoms with Crippen LogP contribution in [0.2, 0.25) is 0 Å². The van der Waals surface area contributed by atoms with Gasteiger partial charge in [0.15, 0.2) is 0 Å². The van der Waals surface area contributed by atoms with Gasteiger partial charge in [-0.3, -0.25) is 4.79 Å². The van der Waals surface area contributed by atoms with Crippen LogP contribution in [0.1, 0.15) is 33.1 Å². The van der Waals surface area contributed by atoms with Crippen molar-refractivity contribution >= 4 is 5.78 Å². The first kappa shape index (κ1) is 8.72. The summed E-state index contributed by atoms with van der Waals surface area (Å²) in [6.45, 7) is 3.95. The molecule has 0 saturated heterocycles. The largest absolute Gasteiger partial charge is 0.380 e. The third-order valence-electron chi connectivity index (χ3n) is 2.68. The molecule has 0 bridgehead atoms. The Kier molecular flexibility index (Phi) is 2.33. The summed E-state index contributed by atoms with van der Waals surface area (Å²) in [4.78, 5) is 11.4. The van der Waals surface area contributed by atoms with Gasteiger partial charge >= 0.3 is 0 Å². The molecule has 0 unspecified atom stereocenters. The Morgan fingerprint density at radius 1 is 1.55 bits per heavy atom. The van der Waals surface area contributed by atoms with Gasteiger partial charge in [0.2, 0.25) is 0 Å². The number of Topliss-reactive ketones (excluding diaryl/α,β-unsaturated/α-hetero) is 1. The van der Waals surface area contributed by atoms with Gasteiger partial charge in [0.1, 0.15) is 5.78 Å². The van der Waals surface area contributed by atoms with Gasteiger partial charge in [0, 0.05) is 18.9 Å². The Morgan fingerprint density at radius 3 is 2.64 bits per heavy atom. The van der Waals surface area contributed by atoms with Crippen LogP contribution in [0.15, 0.2) is 0 Å². The molecule has 0 spiro atoms. The minimum absolute atomic E-state index is 0.128. The van der Waals surface area contributed by atoms with Gasteiger partial charge in [-0.2, -0.15) is 0 Å². The van der Waals surface area contributed by atoms with Crippen LogP contribution in [0, 0.1) is 5.41 Å². The molecule has 1 atom stereocenters. The van der Waals surface area contributed by atoms with Crippen molar-refractivity contribution in [2.75, 3.05) is 7.11 Å². The van der Waals surface area contributed by atoms with Gasteiger partial charge in [0.05, 0.1) is 6.10 Å². The van der Waals surface area contributed by atoms with E-state index in [9.17, 15) is 4.79 Å². The highest BCUT2D eigenvalue weighted by Gasteiger charge is 2.39. The van der Waals surface area contributed by atoms with Crippen molar-refractivity contribution in [2.24, 2.45) is 5.41 Å². The van der Waals surface area contributed by atoms with E-state index in [1.54, 1.807) is 7.11 Å². The van der Waals surface area contributed by atoms with Crippen molar-refractivity contribution in [1.82, 2.24) is 0 Å². The van der Waals surface area contributed by atoms with Crippen LogP contribution in [-0.4, -0.2) is 19.0 Å². The van der Waals surface area contributed by atoms with E-state index in [0.717, 1.165) is 19.3 Å². The van der Waals surface area contributed by atoms with Crippen LogP contribution in [0.5, 0.6) is 0 Å². The first-order valence-corrected chi connectivity index (χ1v) is 4.15. The quantitative estimate of drug-likeness (QED) is 0.578. The summed E-state index contributed by atoms with van der Waals surface area (Å²) in [5.74, 6) is 0.343. The SMILES string of the molecule is CO[C@H]1CCCC(=O)C1(C)C. The maximum Gasteiger partial charge on any atom is 0.141 e. The van der Waals surface area contributed by atoms with E-state index in [1.165, 1.54) is 0 Å². The van der Waals surface area contributed by atoms with E-state index in [2.05, 4.69) is 0 Å². The predicted molar refractivity (Wildman–Crippen MR) is 43.4 cm³/mol. The number of ketones is 1. The van der Waals surface area contributed by atoms with Crippen LogP contribution in [0.4, 0.5) is 0 Å². The van der Waals surface area contributed by atoms with Crippen molar-refractivity contribution < 1.29 is 9.53 Å². The molecular weight excluding hydrogens is 140 g/mol. The first-order chi connectivity index (χ1) is 5.09. The second kappa shape index (κ2) is 2.94. The van der Waals surface area contributed by atoms with Gasteiger partial charge in [-0.25, -0.2) is 0 Å². The summed E-state index contributed by atoms with van der Waals surface area (Å²) in [6.07, 6.45) is 2.87. The molecule has 11 heavy (non-hydrogen) atoms. The lowest BCUT2D eigenvalue weighted by molar-refractivity contribution is -0.139. The fraction of sp³-hybridized carbons (Fsp3) is 0.889. The standard InChI is InChI=1S/C9H16O2/c1-9(2)7(10)5-4-6-8(9)11-3/h8H,4-6H2,1-3H3/t8-/m0/s1. The topological polar surface area (TPSA) is 26.3 Å². The molecule has 1 fully saturated rings. The summed E-state index contributed by atoms with van der Waals surface area (Å²) in [5.41, 5.74) is -0.257. The maximum atomic E-state index is 11.4. The Morgan fingerprint density at radius 2 is 2.18 bits per heavy atom. The van der Waals surface area contributed by atoms with E-state index in [-0.39, 0.29) is 11.5 Å². The van der Waals surface area contributed by atoms with E-state index in [0.29, 0.717) is 5.78 Å². The third-order valence-corrected chi connectivity index (χ3v) is 2.68. The zero-order chi connectivity index (χ0) is 8.48. The maximum absolute atomic E-state index is 11.4. The zero-order valence-electron chi connectivity index (χ0n) is 7.52. The monoisotopic (exact) mass is 156 g/mol. The van der Waals surface area contributed by atoms with Crippen molar-refractivity contribution in [3.63, 3.8) is 0 Å². The Bertz CT molecular complexity index is 161. The van der Waals surface area contributed by atoms with Gasteiger partial charge in [-0.05, 0) is 12.8 Å². The number of methoxy groups -OCH3 is 1.